The number of hydrogen-bond acceptors (Lipinski definition) is 3. The monoisotopic (exact) mass is 331 g/mol. The van der Waals surface area contributed by atoms with Crippen molar-refractivity contribution in [2.24, 2.45) is 5.92 Å². The van der Waals surface area contributed by atoms with Crippen LogP contribution >= 0.6 is 27.3 Å². The van der Waals surface area contributed by atoms with Crippen LogP contribution in [0.15, 0.2) is 15.9 Å². The molecule has 4 heteroatoms. The van der Waals surface area contributed by atoms with Crippen molar-refractivity contribution in [3.05, 3.63) is 20.8 Å². The van der Waals surface area contributed by atoms with Crippen LogP contribution < -0.4 is 5.32 Å². The average Bonchev–Trinajstić information content (AvgIpc) is 2.81. The predicted octanol–water partition coefficient (Wildman–Crippen LogP) is 3.85. The van der Waals surface area contributed by atoms with Crippen molar-refractivity contribution in [1.82, 2.24) is 5.32 Å². The first-order chi connectivity index (χ1) is 8.79. The van der Waals surface area contributed by atoms with E-state index in [0.717, 1.165) is 32.1 Å². The summed E-state index contributed by atoms with van der Waals surface area (Å²) in [6, 6.07) is 2.87. The Bertz CT molecular complexity index is 349. The van der Waals surface area contributed by atoms with Gasteiger partial charge in [0.2, 0.25) is 0 Å². The summed E-state index contributed by atoms with van der Waals surface area (Å²) < 4.78 is 6.69. The Morgan fingerprint density at radius 3 is 2.89 bits per heavy atom. The molecule has 0 aliphatic carbocycles. The number of ether oxygens (including phenoxy) is 1. The van der Waals surface area contributed by atoms with Gasteiger partial charge in [-0.2, -0.15) is 0 Å². The van der Waals surface area contributed by atoms with Crippen molar-refractivity contribution < 1.29 is 4.74 Å². The maximum absolute atomic E-state index is 5.48. The topological polar surface area (TPSA) is 21.3 Å². The summed E-state index contributed by atoms with van der Waals surface area (Å²) in [6.45, 7) is 5.22. The number of hydrogen-bond donors (Lipinski definition) is 1. The van der Waals surface area contributed by atoms with E-state index in [1.54, 1.807) is 0 Å². The standard InChI is InChI=1S/C14H22BrNOS/c1-2-5-16-14(11-3-6-17-7-4-11)9-13-8-12(15)10-18-13/h8,10-11,14,16H,2-7,9H2,1H3. The zero-order chi connectivity index (χ0) is 12.8. The normalized spacial score (nSPS) is 19.0. The Hall–Kier alpha value is 0.1000. The van der Waals surface area contributed by atoms with Crippen molar-refractivity contribution in [2.75, 3.05) is 19.8 Å². The van der Waals surface area contributed by atoms with Crippen LogP contribution in [-0.4, -0.2) is 25.8 Å². The molecule has 1 fully saturated rings. The highest BCUT2D eigenvalue weighted by molar-refractivity contribution is 9.10. The van der Waals surface area contributed by atoms with E-state index in [1.165, 1.54) is 28.6 Å². The van der Waals surface area contributed by atoms with E-state index in [0.29, 0.717) is 6.04 Å². The highest BCUT2D eigenvalue weighted by Crippen LogP contribution is 2.26. The molecule has 1 aromatic heterocycles. The molecule has 0 bridgehead atoms. The molecule has 2 heterocycles. The largest absolute Gasteiger partial charge is 0.381 e. The Labute approximate surface area is 122 Å². The Kier molecular flexibility index (Phi) is 6.15. The van der Waals surface area contributed by atoms with Gasteiger partial charge >= 0.3 is 0 Å². The van der Waals surface area contributed by atoms with Crippen LogP contribution in [0, 0.1) is 5.92 Å². The van der Waals surface area contributed by atoms with E-state index in [-0.39, 0.29) is 0 Å². The fraction of sp³-hybridized carbons (Fsp3) is 0.714. The third-order valence-electron chi connectivity index (χ3n) is 3.53. The van der Waals surface area contributed by atoms with Gasteiger partial charge in [0.25, 0.3) is 0 Å². The van der Waals surface area contributed by atoms with Crippen molar-refractivity contribution in [1.29, 1.82) is 0 Å². The van der Waals surface area contributed by atoms with Crippen LogP contribution in [0.4, 0.5) is 0 Å². The van der Waals surface area contributed by atoms with Gasteiger partial charge in [0, 0.05) is 34.0 Å². The highest BCUT2D eigenvalue weighted by atomic mass is 79.9. The molecule has 0 amide bonds. The van der Waals surface area contributed by atoms with Crippen LogP contribution in [0.2, 0.25) is 0 Å². The lowest BCUT2D eigenvalue weighted by Gasteiger charge is -2.31. The maximum Gasteiger partial charge on any atom is 0.0469 e. The molecule has 1 saturated heterocycles. The molecule has 0 spiro atoms. The Morgan fingerprint density at radius 1 is 1.50 bits per heavy atom. The third kappa shape index (κ3) is 4.34. The molecule has 18 heavy (non-hydrogen) atoms. The van der Waals surface area contributed by atoms with Crippen LogP contribution in [0.25, 0.3) is 0 Å². The van der Waals surface area contributed by atoms with Gasteiger partial charge in [0.15, 0.2) is 0 Å². The van der Waals surface area contributed by atoms with Gasteiger partial charge in [-0.25, -0.2) is 0 Å². The summed E-state index contributed by atoms with van der Waals surface area (Å²) in [4.78, 5) is 1.47. The molecule has 0 saturated carbocycles. The van der Waals surface area contributed by atoms with Crippen molar-refractivity contribution in [2.45, 2.75) is 38.6 Å². The summed E-state index contributed by atoms with van der Waals surface area (Å²) >= 11 is 5.40. The minimum atomic E-state index is 0.611. The Balaban J connectivity index is 1.94. The Morgan fingerprint density at radius 2 is 2.28 bits per heavy atom. The molecule has 1 aromatic rings. The summed E-state index contributed by atoms with van der Waals surface area (Å²) in [7, 11) is 0. The van der Waals surface area contributed by atoms with E-state index < -0.39 is 0 Å². The molecule has 1 N–H and O–H groups in total. The molecule has 1 unspecified atom stereocenters. The minimum Gasteiger partial charge on any atom is -0.381 e. The lowest BCUT2D eigenvalue weighted by molar-refractivity contribution is 0.0539. The molecule has 0 aromatic carbocycles. The van der Waals surface area contributed by atoms with Gasteiger partial charge in [0.1, 0.15) is 0 Å². The number of thiophene rings is 1. The quantitative estimate of drug-likeness (QED) is 0.854. The molecule has 0 radical (unpaired) electrons. The van der Waals surface area contributed by atoms with Gasteiger partial charge in [-0.05, 0) is 60.1 Å². The van der Waals surface area contributed by atoms with E-state index in [1.807, 2.05) is 11.3 Å². The first-order valence-electron chi connectivity index (χ1n) is 6.83. The third-order valence-corrected chi connectivity index (χ3v) is 5.25. The van der Waals surface area contributed by atoms with Crippen molar-refractivity contribution in [3.8, 4) is 0 Å². The number of nitrogens with one attached hydrogen (secondary N) is 1. The molecule has 1 aliphatic heterocycles. The summed E-state index contributed by atoms with van der Waals surface area (Å²) in [6.07, 6.45) is 4.76. The summed E-state index contributed by atoms with van der Waals surface area (Å²) in [5, 5.41) is 5.91. The summed E-state index contributed by atoms with van der Waals surface area (Å²) in [5.41, 5.74) is 0. The fourth-order valence-electron chi connectivity index (χ4n) is 2.53. The lowest BCUT2D eigenvalue weighted by atomic mass is 9.89. The first-order valence-corrected chi connectivity index (χ1v) is 8.51. The molecule has 2 rings (SSSR count). The average molecular weight is 332 g/mol. The van der Waals surface area contributed by atoms with Crippen molar-refractivity contribution in [3.63, 3.8) is 0 Å². The predicted molar refractivity (Wildman–Crippen MR) is 81.3 cm³/mol. The smallest absolute Gasteiger partial charge is 0.0469 e. The zero-order valence-corrected chi connectivity index (χ0v) is 13.4. The van der Waals surface area contributed by atoms with Crippen molar-refractivity contribution >= 4 is 27.3 Å². The van der Waals surface area contributed by atoms with Crippen LogP contribution in [0.5, 0.6) is 0 Å². The second-order valence-corrected chi connectivity index (χ2v) is 6.86. The molecular weight excluding hydrogens is 310 g/mol. The van der Waals surface area contributed by atoms with Gasteiger partial charge in [-0.1, -0.05) is 6.92 Å². The van der Waals surface area contributed by atoms with Crippen LogP contribution in [-0.2, 0) is 11.2 Å². The number of rotatable bonds is 6. The molecule has 2 nitrogen and oxygen atoms in total. The molecule has 102 valence electrons. The second-order valence-electron chi connectivity index (χ2n) is 4.95. The fourth-order valence-corrected chi connectivity index (χ4v) is 4.04. The molecular formula is C14H22BrNOS. The minimum absolute atomic E-state index is 0.611. The van der Waals surface area contributed by atoms with E-state index in [4.69, 9.17) is 4.74 Å². The second kappa shape index (κ2) is 7.63. The van der Waals surface area contributed by atoms with Gasteiger partial charge in [0.05, 0.1) is 0 Å². The van der Waals surface area contributed by atoms with Gasteiger partial charge < -0.3 is 10.1 Å². The van der Waals surface area contributed by atoms with E-state index >= 15 is 0 Å². The van der Waals surface area contributed by atoms with Gasteiger partial charge in [-0.3, -0.25) is 0 Å². The molecule has 1 atom stereocenters. The maximum atomic E-state index is 5.48. The highest BCUT2D eigenvalue weighted by Gasteiger charge is 2.24. The van der Waals surface area contributed by atoms with Gasteiger partial charge in [-0.15, -0.1) is 11.3 Å². The lowest BCUT2D eigenvalue weighted by Crippen LogP contribution is -2.40. The summed E-state index contributed by atoms with van der Waals surface area (Å²) in [5.74, 6) is 0.770. The zero-order valence-electron chi connectivity index (χ0n) is 11.0. The number of halogens is 1. The van der Waals surface area contributed by atoms with Crippen LogP contribution in [0.1, 0.15) is 31.1 Å². The van der Waals surface area contributed by atoms with Crippen LogP contribution in [0.3, 0.4) is 0 Å². The first kappa shape index (κ1) is 14.5. The van der Waals surface area contributed by atoms with E-state index in [9.17, 15) is 0 Å². The molecule has 1 aliphatic rings. The SMILES string of the molecule is CCCNC(Cc1cc(Br)cs1)C1CCOCC1. The van der Waals surface area contributed by atoms with E-state index in [2.05, 4.69) is 39.6 Å².